The van der Waals surface area contributed by atoms with E-state index in [2.05, 4.69) is 41.2 Å². The van der Waals surface area contributed by atoms with Crippen molar-refractivity contribution in [1.82, 2.24) is 29.1 Å². The molecule has 414 valence electrons. The predicted molar refractivity (Wildman–Crippen MR) is 288 cm³/mol. The number of halogens is 2. The normalized spacial score (nSPS) is 11.5. The molecule has 24 nitrogen and oxygen atoms in total. The van der Waals surface area contributed by atoms with Gasteiger partial charge in [0.1, 0.15) is 16.6 Å². The molecule has 0 radical (unpaired) electrons. The summed E-state index contributed by atoms with van der Waals surface area (Å²) in [6.45, 7) is 0.865. The van der Waals surface area contributed by atoms with Crippen LogP contribution in [0.3, 0.4) is 0 Å². The number of para-hydroxylation sites is 1. The molecule has 0 spiro atoms. The molecule has 0 aliphatic heterocycles. The molecule has 1 atom stereocenters. The van der Waals surface area contributed by atoms with E-state index in [0.29, 0.717) is 74.8 Å². The van der Waals surface area contributed by atoms with Crippen LogP contribution >= 0.6 is 11.6 Å². The molecule has 0 saturated heterocycles. The van der Waals surface area contributed by atoms with Gasteiger partial charge in [0.15, 0.2) is 40.5 Å². The smallest absolute Gasteiger partial charge is 0.253 e. The lowest BCUT2D eigenvalue weighted by Gasteiger charge is -2.30. The maximum absolute atomic E-state index is 15.5. The third-order valence-electron chi connectivity index (χ3n) is 11.4. The summed E-state index contributed by atoms with van der Waals surface area (Å²) in [6.07, 6.45) is 2.69. The molecule has 0 aliphatic carbocycles. The van der Waals surface area contributed by atoms with Crippen molar-refractivity contribution in [3.8, 4) is 40.2 Å². The summed E-state index contributed by atoms with van der Waals surface area (Å²) < 4.78 is 116. The average Bonchev–Trinajstić information content (AvgIpc) is 3.42. The number of rotatable bonds is 30. The number of hydrogen-bond acceptors (Lipinski definition) is 21. The summed E-state index contributed by atoms with van der Waals surface area (Å²) in [5.41, 5.74) is 2.52. The van der Waals surface area contributed by atoms with Gasteiger partial charge in [-0.25, -0.2) is 27.1 Å². The molecule has 1 unspecified atom stereocenters. The Hall–Kier alpha value is -7.69. The van der Waals surface area contributed by atoms with Crippen LogP contribution in [0.4, 0.5) is 56.4 Å². The third-order valence-corrected chi connectivity index (χ3v) is 14.1. The van der Waals surface area contributed by atoms with E-state index in [1.807, 2.05) is 0 Å². The minimum Gasteiger partial charge on any atom is -0.760 e. The van der Waals surface area contributed by atoms with Crippen LogP contribution in [0.2, 0.25) is 5.02 Å². The van der Waals surface area contributed by atoms with Crippen molar-refractivity contribution >= 4 is 91.3 Å². The first-order valence-corrected chi connectivity index (χ1v) is 26.1. The number of benzene rings is 4. The summed E-state index contributed by atoms with van der Waals surface area (Å²) in [5.74, 6) is 0.900. The van der Waals surface area contributed by atoms with Crippen molar-refractivity contribution in [2.24, 2.45) is 0 Å². The Bertz CT molecular complexity index is 3100. The Morgan fingerprint density at radius 3 is 1.82 bits per heavy atom. The highest BCUT2D eigenvalue weighted by atomic mass is 35.5. The van der Waals surface area contributed by atoms with Crippen molar-refractivity contribution in [3.05, 3.63) is 95.0 Å². The minimum atomic E-state index is -4.43. The number of carbonyl (C=O) groups excluding carboxylic acids is 1. The highest BCUT2D eigenvalue weighted by Gasteiger charge is 2.29. The topological polar surface area (TPSA) is 275 Å². The van der Waals surface area contributed by atoms with Gasteiger partial charge in [-0.1, -0.05) is 23.7 Å². The lowest BCUT2D eigenvalue weighted by atomic mass is 10.1. The predicted octanol–water partition coefficient (Wildman–Crippen LogP) is 7.29. The zero-order valence-corrected chi connectivity index (χ0v) is 45.9. The lowest BCUT2D eigenvalue weighted by molar-refractivity contribution is -0.117. The van der Waals surface area contributed by atoms with Gasteiger partial charge in [0.05, 0.1) is 86.7 Å². The molecule has 77 heavy (non-hydrogen) atoms. The van der Waals surface area contributed by atoms with E-state index in [9.17, 15) is 22.0 Å². The number of carbonyl (C=O) groups is 1. The van der Waals surface area contributed by atoms with E-state index in [1.54, 1.807) is 67.6 Å². The van der Waals surface area contributed by atoms with Crippen molar-refractivity contribution in [1.29, 1.82) is 0 Å². The lowest BCUT2D eigenvalue weighted by Crippen LogP contribution is -2.42. The standard InChI is InChI=1S/C49H59ClFN11O13S2/c1-30-12-10-13-38(57-47-36(51)26-53-49(59-47)55-33-23-41(72-6)45(75-9)42(24-33)73-7)43(30)62(18-19-68-2)77(66,67)29-60(28-63)16-11-17-61(76(64)65)27-31-20-34(69-3)14-15-37(31)56-46-35(50)25-52-48(58-46)54-32-21-39(70-4)44(74-8)40(22-32)71-5/h10,12-15,20-26,28H,11,16-19,27,29H2,1-9H3,(H,64,65)(H2,52,54,56,58)(H2,53,55,57,59)/p-1. The van der Waals surface area contributed by atoms with E-state index in [1.165, 1.54) is 63.1 Å². The van der Waals surface area contributed by atoms with Crippen molar-refractivity contribution < 1.29 is 64.3 Å². The van der Waals surface area contributed by atoms with Crippen LogP contribution in [-0.4, -0.2) is 142 Å². The number of sulfonamides is 1. The SMILES string of the molecule is COCCN(c1c(C)cccc1Nc1nc(Nc2cc(OC)c(OC)c(OC)c2)ncc1F)S(=O)(=O)CN(C=O)CCCN(Cc1cc(OC)ccc1Nc1nc(Nc2cc(OC)c(OC)c(OC)c2)ncc1Cl)S(=O)[O-]. The molecule has 0 aliphatic rings. The molecule has 6 rings (SSSR count). The zero-order valence-electron chi connectivity index (χ0n) is 43.5. The quantitative estimate of drug-likeness (QED) is 0.0255. The van der Waals surface area contributed by atoms with Gasteiger partial charge in [0.25, 0.3) is 10.0 Å². The molecule has 28 heteroatoms. The maximum atomic E-state index is 15.5. The summed E-state index contributed by atoms with van der Waals surface area (Å²) in [7, 11) is 7.25. The van der Waals surface area contributed by atoms with Gasteiger partial charge in [-0.3, -0.25) is 13.3 Å². The molecule has 1 amide bonds. The van der Waals surface area contributed by atoms with Crippen molar-refractivity contribution in [3.63, 3.8) is 0 Å². The van der Waals surface area contributed by atoms with Crippen LogP contribution in [-0.2, 0) is 37.4 Å². The highest BCUT2D eigenvalue weighted by molar-refractivity contribution is 7.92. The number of nitrogens with zero attached hydrogens (tertiary/aromatic N) is 7. The Kier molecular flexibility index (Phi) is 20.8. The number of methoxy groups -OCH3 is 8. The van der Waals surface area contributed by atoms with E-state index in [-0.39, 0.29) is 79.1 Å². The molecular weight excluding hydrogens is 1070 g/mol. The van der Waals surface area contributed by atoms with Crippen LogP contribution in [0.25, 0.3) is 0 Å². The number of amides is 1. The summed E-state index contributed by atoms with van der Waals surface area (Å²) in [4.78, 5) is 30.9. The van der Waals surface area contributed by atoms with Gasteiger partial charge in [0.2, 0.25) is 29.8 Å². The monoisotopic (exact) mass is 1130 g/mol. The van der Waals surface area contributed by atoms with Gasteiger partial charge in [-0.2, -0.15) is 9.97 Å². The van der Waals surface area contributed by atoms with Crippen LogP contribution in [0.5, 0.6) is 40.2 Å². The van der Waals surface area contributed by atoms with E-state index < -0.39 is 33.0 Å². The van der Waals surface area contributed by atoms with Gasteiger partial charge < -0.3 is 68.6 Å². The Labute approximate surface area is 452 Å². The Balaban J connectivity index is 1.18. The summed E-state index contributed by atoms with van der Waals surface area (Å²) in [5, 5.41) is 12.3. The molecule has 4 aromatic carbocycles. The first-order chi connectivity index (χ1) is 37.0. The summed E-state index contributed by atoms with van der Waals surface area (Å²) in [6, 6.07) is 16.3. The molecule has 2 heterocycles. The molecule has 0 fully saturated rings. The molecule has 0 saturated carbocycles. The highest BCUT2D eigenvalue weighted by Crippen LogP contribution is 2.42. The number of hydrogen-bond donors (Lipinski definition) is 4. The number of aryl methyl sites for hydroxylation is 1. The average molecular weight is 1130 g/mol. The fraction of sp³-hybridized carbons (Fsp3) is 0.327. The first-order valence-electron chi connectivity index (χ1n) is 23.1. The summed E-state index contributed by atoms with van der Waals surface area (Å²) >= 11 is 3.77. The van der Waals surface area contributed by atoms with E-state index >= 15 is 4.39 Å². The second-order valence-electron chi connectivity index (χ2n) is 16.3. The Morgan fingerprint density at radius 1 is 0.714 bits per heavy atom. The fourth-order valence-corrected chi connectivity index (χ4v) is 10.0. The second kappa shape index (κ2) is 27.4. The first kappa shape index (κ1) is 58.6. The van der Waals surface area contributed by atoms with Crippen LogP contribution in [0, 0.1) is 12.7 Å². The van der Waals surface area contributed by atoms with Gasteiger partial charge in [0, 0.05) is 79.3 Å². The molecule has 0 bridgehead atoms. The van der Waals surface area contributed by atoms with E-state index in [4.69, 9.17) is 49.5 Å². The van der Waals surface area contributed by atoms with Crippen molar-refractivity contribution in [2.45, 2.75) is 19.9 Å². The van der Waals surface area contributed by atoms with Crippen molar-refractivity contribution in [2.75, 3.05) is 115 Å². The van der Waals surface area contributed by atoms with Crippen LogP contribution < -0.4 is 58.7 Å². The van der Waals surface area contributed by atoms with Gasteiger partial charge in [-0.15, -0.1) is 0 Å². The largest absolute Gasteiger partial charge is 0.760 e. The van der Waals surface area contributed by atoms with E-state index in [0.717, 1.165) is 19.7 Å². The number of anilines is 9. The number of ether oxygens (including phenoxy) is 8. The fourth-order valence-electron chi connectivity index (χ4n) is 7.73. The Morgan fingerprint density at radius 2 is 1.29 bits per heavy atom. The minimum absolute atomic E-state index is 0.0113. The second-order valence-corrected chi connectivity index (χ2v) is 19.5. The third kappa shape index (κ3) is 14.8. The van der Waals surface area contributed by atoms with Gasteiger partial charge in [-0.05, 0) is 48.7 Å². The molecule has 4 N–H and O–H groups in total. The maximum Gasteiger partial charge on any atom is 0.253 e. The molecular formula is C49H58ClFN11O13S2-. The van der Waals surface area contributed by atoms with Gasteiger partial charge >= 0.3 is 0 Å². The molecule has 2 aromatic heterocycles. The van der Waals surface area contributed by atoms with Crippen LogP contribution in [0.15, 0.2) is 73.1 Å². The van der Waals surface area contributed by atoms with Crippen LogP contribution in [0.1, 0.15) is 17.5 Å². The molecule has 6 aromatic rings. The number of aromatic nitrogens is 4. The number of nitrogens with one attached hydrogen (secondary N) is 4. The zero-order chi connectivity index (χ0) is 55.8.